The molecule has 2 aromatic carbocycles. The summed E-state index contributed by atoms with van der Waals surface area (Å²) < 4.78 is 87.4. The molecule has 0 saturated carbocycles. The average Bonchev–Trinajstić information content (AvgIpc) is 2.92. The van der Waals surface area contributed by atoms with E-state index in [1.54, 1.807) is 18.2 Å². The lowest BCUT2D eigenvalue weighted by Gasteiger charge is -2.31. The van der Waals surface area contributed by atoms with Crippen molar-refractivity contribution in [3.8, 4) is 11.1 Å². The van der Waals surface area contributed by atoms with E-state index < -0.39 is 40.4 Å². The molecule has 0 radical (unpaired) electrons. The van der Waals surface area contributed by atoms with Crippen LogP contribution in [0.4, 0.5) is 32.2 Å². The summed E-state index contributed by atoms with van der Waals surface area (Å²) in [6, 6.07) is 10.0. The largest absolute Gasteiger partial charge is 0.416 e. The highest BCUT2D eigenvalue weighted by Gasteiger charge is 2.42. The number of anilines is 1. The van der Waals surface area contributed by atoms with Gasteiger partial charge in [-0.05, 0) is 72.4 Å². The molecule has 4 rings (SSSR count). The molecule has 12 heteroatoms. The maximum atomic E-state index is 13.7. The van der Waals surface area contributed by atoms with Crippen LogP contribution in [0.2, 0.25) is 0 Å². The minimum absolute atomic E-state index is 0.0300. The number of hydrogen-bond donors (Lipinski definition) is 1. The van der Waals surface area contributed by atoms with Crippen LogP contribution in [-0.2, 0) is 38.5 Å². The topological polar surface area (TPSA) is 71.5 Å². The first kappa shape index (κ1) is 30.0. The molecule has 1 unspecified atom stereocenters. The number of alkyl halides is 6. The van der Waals surface area contributed by atoms with Crippen LogP contribution in [-0.4, -0.2) is 43.6 Å². The van der Waals surface area contributed by atoms with Gasteiger partial charge in [-0.3, -0.25) is 14.5 Å². The van der Waals surface area contributed by atoms with Gasteiger partial charge < -0.3 is 10.1 Å². The second-order valence-electron chi connectivity index (χ2n) is 10.00. The highest BCUT2D eigenvalue weighted by molar-refractivity contribution is 5.95. The third kappa shape index (κ3) is 6.22. The number of carbonyl (C=O) groups excluding carboxylic acids is 2. The molecular formula is C29H27F6N3O3. The fourth-order valence-corrected chi connectivity index (χ4v) is 4.89. The van der Waals surface area contributed by atoms with Crippen LogP contribution in [0.15, 0.2) is 54.7 Å². The number of ether oxygens (including phenoxy) is 1. The Kier molecular flexibility index (Phi) is 8.17. The van der Waals surface area contributed by atoms with Gasteiger partial charge in [0, 0.05) is 13.2 Å². The van der Waals surface area contributed by atoms with Gasteiger partial charge in [0.1, 0.15) is 12.4 Å². The number of hydrogen-bond acceptors (Lipinski definition) is 4. The van der Waals surface area contributed by atoms with Crippen LogP contribution in [0.1, 0.15) is 34.7 Å². The maximum Gasteiger partial charge on any atom is 0.416 e. The van der Waals surface area contributed by atoms with Crippen molar-refractivity contribution in [3.63, 3.8) is 0 Å². The molecule has 3 aromatic rings. The second-order valence-corrected chi connectivity index (χ2v) is 10.00. The van der Waals surface area contributed by atoms with E-state index in [1.807, 2.05) is 19.1 Å². The summed E-state index contributed by atoms with van der Waals surface area (Å²) in [6.45, 7) is 3.54. The molecule has 1 N–H and O–H groups in total. The average molecular weight is 580 g/mol. The van der Waals surface area contributed by atoms with Crippen molar-refractivity contribution in [2.75, 3.05) is 31.7 Å². The number of benzene rings is 2. The molecule has 2 amide bonds. The predicted octanol–water partition coefficient (Wildman–Crippen LogP) is 5.70. The van der Waals surface area contributed by atoms with Crippen molar-refractivity contribution in [3.05, 3.63) is 82.5 Å². The molecular weight excluding hydrogens is 552 g/mol. The SMILES string of the molecule is CNC(=O)C(C)(Cc1cnc(N2CCOCC2=O)cc1-c1ccccc1C)c1cc(C(F)(F)F)cc(C(F)(F)F)c1. The van der Waals surface area contributed by atoms with Crippen LogP contribution < -0.4 is 10.2 Å². The Morgan fingerprint density at radius 3 is 2.15 bits per heavy atom. The molecule has 41 heavy (non-hydrogen) atoms. The highest BCUT2D eigenvalue weighted by atomic mass is 19.4. The number of likely N-dealkylation sites (N-methyl/N-ethyl adjacent to an activating group) is 1. The Morgan fingerprint density at radius 1 is 0.976 bits per heavy atom. The zero-order valence-electron chi connectivity index (χ0n) is 22.4. The number of carbonyl (C=O) groups is 2. The number of nitrogens with one attached hydrogen (secondary N) is 1. The second kappa shape index (κ2) is 11.2. The summed E-state index contributed by atoms with van der Waals surface area (Å²) in [6.07, 6.45) is -9.06. The number of halogens is 6. The molecule has 1 saturated heterocycles. The summed E-state index contributed by atoms with van der Waals surface area (Å²) in [5, 5.41) is 2.39. The maximum absolute atomic E-state index is 13.7. The summed E-state index contributed by atoms with van der Waals surface area (Å²) >= 11 is 0. The van der Waals surface area contributed by atoms with Crippen molar-refractivity contribution < 1.29 is 40.7 Å². The Labute approximate surface area is 232 Å². The zero-order chi connectivity index (χ0) is 30.2. The third-order valence-electron chi connectivity index (χ3n) is 7.17. The van der Waals surface area contributed by atoms with E-state index >= 15 is 0 Å². The third-order valence-corrected chi connectivity index (χ3v) is 7.17. The van der Waals surface area contributed by atoms with Crippen LogP contribution in [0, 0.1) is 6.92 Å². The molecule has 1 atom stereocenters. The summed E-state index contributed by atoms with van der Waals surface area (Å²) in [4.78, 5) is 31.6. The number of rotatable bonds is 6. The normalized spacial score (nSPS) is 15.9. The fourth-order valence-electron chi connectivity index (χ4n) is 4.89. The fraction of sp³-hybridized carbons (Fsp3) is 0.345. The number of nitrogens with zero attached hydrogens (tertiary/aromatic N) is 2. The van der Waals surface area contributed by atoms with Crippen molar-refractivity contribution in [2.45, 2.75) is 38.0 Å². The first-order chi connectivity index (χ1) is 19.1. The van der Waals surface area contributed by atoms with Gasteiger partial charge in [0.25, 0.3) is 5.91 Å². The smallest absolute Gasteiger partial charge is 0.370 e. The summed E-state index contributed by atoms with van der Waals surface area (Å²) in [5.74, 6) is -0.792. The first-order valence-electron chi connectivity index (χ1n) is 12.6. The summed E-state index contributed by atoms with van der Waals surface area (Å²) in [5.41, 5.74) is -2.92. The van der Waals surface area contributed by atoms with E-state index in [0.29, 0.717) is 41.2 Å². The Morgan fingerprint density at radius 2 is 1.59 bits per heavy atom. The molecule has 6 nitrogen and oxygen atoms in total. The Bertz CT molecular complexity index is 1440. The first-order valence-corrected chi connectivity index (χ1v) is 12.6. The van der Waals surface area contributed by atoms with Gasteiger partial charge in [-0.15, -0.1) is 0 Å². The number of morpholine rings is 1. The lowest BCUT2D eigenvalue weighted by atomic mass is 9.74. The molecule has 1 aliphatic heterocycles. The number of aryl methyl sites for hydroxylation is 1. The van der Waals surface area contributed by atoms with Crippen LogP contribution >= 0.6 is 0 Å². The van der Waals surface area contributed by atoms with E-state index in [1.165, 1.54) is 25.1 Å². The zero-order valence-corrected chi connectivity index (χ0v) is 22.4. The molecule has 1 aliphatic rings. The van der Waals surface area contributed by atoms with Gasteiger partial charge in [0.15, 0.2) is 0 Å². The van der Waals surface area contributed by atoms with Crippen LogP contribution in [0.5, 0.6) is 0 Å². The van der Waals surface area contributed by atoms with E-state index in [2.05, 4.69) is 10.3 Å². The Balaban J connectivity index is 1.92. The monoisotopic (exact) mass is 579 g/mol. The van der Waals surface area contributed by atoms with Crippen LogP contribution in [0.25, 0.3) is 11.1 Å². The standard InChI is InChI=1S/C29H27F6N3O3/c1-17-6-4-5-7-22(17)23-13-24(38-8-9-41-16-25(38)39)37-15-18(23)14-27(2,26(40)36-3)19-10-20(28(30,31)32)12-21(11-19)29(33,34)35/h4-7,10-13,15H,8-9,14,16H2,1-3H3,(H,36,40). The molecule has 2 heterocycles. The van der Waals surface area contributed by atoms with Gasteiger partial charge in [-0.1, -0.05) is 24.3 Å². The highest BCUT2D eigenvalue weighted by Crippen LogP contribution is 2.41. The molecule has 0 spiro atoms. The van der Waals surface area contributed by atoms with Crippen LogP contribution in [0.3, 0.4) is 0 Å². The van der Waals surface area contributed by atoms with E-state index in [0.717, 1.165) is 5.56 Å². The minimum atomic E-state index is -5.08. The lowest BCUT2D eigenvalue weighted by molar-refractivity contribution is -0.143. The van der Waals surface area contributed by atoms with E-state index in [4.69, 9.17) is 4.74 Å². The quantitative estimate of drug-likeness (QED) is 0.380. The van der Waals surface area contributed by atoms with Gasteiger partial charge in [-0.2, -0.15) is 26.3 Å². The molecule has 1 aromatic heterocycles. The molecule has 218 valence electrons. The van der Waals surface area contributed by atoms with Crippen molar-refractivity contribution in [1.82, 2.24) is 10.3 Å². The van der Waals surface area contributed by atoms with Gasteiger partial charge >= 0.3 is 12.4 Å². The number of pyridine rings is 1. The van der Waals surface area contributed by atoms with Crippen molar-refractivity contribution >= 4 is 17.6 Å². The van der Waals surface area contributed by atoms with E-state index in [-0.39, 0.29) is 31.5 Å². The molecule has 1 fully saturated rings. The lowest BCUT2D eigenvalue weighted by Crippen LogP contribution is -2.43. The van der Waals surface area contributed by atoms with E-state index in [9.17, 15) is 35.9 Å². The van der Waals surface area contributed by atoms with Crippen molar-refractivity contribution in [1.29, 1.82) is 0 Å². The Hall–Kier alpha value is -3.93. The van der Waals surface area contributed by atoms with Gasteiger partial charge in [-0.25, -0.2) is 4.98 Å². The molecule has 0 aliphatic carbocycles. The van der Waals surface area contributed by atoms with Gasteiger partial charge in [0.2, 0.25) is 5.91 Å². The predicted molar refractivity (Wildman–Crippen MR) is 139 cm³/mol. The van der Waals surface area contributed by atoms with Gasteiger partial charge in [0.05, 0.1) is 29.7 Å². The molecule has 0 bridgehead atoms. The summed E-state index contributed by atoms with van der Waals surface area (Å²) in [7, 11) is 1.26. The van der Waals surface area contributed by atoms with Crippen molar-refractivity contribution in [2.24, 2.45) is 0 Å². The minimum Gasteiger partial charge on any atom is -0.370 e. The number of aromatic nitrogens is 1. The number of amides is 2.